The van der Waals surface area contributed by atoms with Gasteiger partial charge in [-0.2, -0.15) is 0 Å². The molecular weight excluding hydrogens is 320 g/mol. The van der Waals surface area contributed by atoms with Crippen LogP contribution in [0, 0.1) is 0 Å². The van der Waals surface area contributed by atoms with Crippen LogP contribution in [-0.4, -0.2) is 48.3 Å². The van der Waals surface area contributed by atoms with E-state index in [4.69, 9.17) is 18.9 Å². The Morgan fingerprint density at radius 3 is 1.00 bits per heavy atom. The van der Waals surface area contributed by atoms with E-state index in [0.717, 1.165) is 0 Å². The fourth-order valence-corrected chi connectivity index (χ4v) is 2.28. The zero-order valence-corrected chi connectivity index (χ0v) is 15.0. The Bertz CT molecular complexity index is 417. The molecule has 8 heteroatoms. The van der Waals surface area contributed by atoms with Gasteiger partial charge in [0.05, 0.1) is 0 Å². The maximum atomic E-state index is 11.5. The first-order valence-electron chi connectivity index (χ1n) is 7.81. The average Bonchev–Trinajstić information content (AvgIpc) is 2.45. The van der Waals surface area contributed by atoms with Crippen molar-refractivity contribution in [1.82, 2.24) is 0 Å². The number of hydrogen-bond donors (Lipinski definition) is 0. The second-order valence-electron chi connectivity index (χ2n) is 5.26. The molecule has 0 bridgehead atoms. The van der Waals surface area contributed by atoms with Gasteiger partial charge in [0.1, 0.15) is 12.2 Å². The fourth-order valence-electron chi connectivity index (χ4n) is 2.28. The van der Waals surface area contributed by atoms with Crippen molar-refractivity contribution in [2.75, 3.05) is 0 Å². The van der Waals surface area contributed by atoms with Crippen molar-refractivity contribution in [3.63, 3.8) is 0 Å². The van der Waals surface area contributed by atoms with Crippen molar-refractivity contribution in [2.45, 2.75) is 78.8 Å². The molecule has 0 radical (unpaired) electrons. The molecule has 138 valence electrons. The Balaban J connectivity index is 5.74. The van der Waals surface area contributed by atoms with Gasteiger partial charge in [-0.1, -0.05) is 13.8 Å². The minimum atomic E-state index is -1.09. The molecule has 0 N–H and O–H groups in total. The van der Waals surface area contributed by atoms with Gasteiger partial charge < -0.3 is 18.9 Å². The van der Waals surface area contributed by atoms with Crippen molar-refractivity contribution < 1.29 is 38.1 Å². The summed E-state index contributed by atoms with van der Waals surface area (Å²) in [6, 6.07) is 0. The number of carbonyl (C=O) groups excluding carboxylic acids is 4. The summed E-state index contributed by atoms with van der Waals surface area (Å²) in [6.45, 7) is 8.26. The lowest BCUT2D eigenvalue weighted by molar-refractivity contribution is -0.198. The maximum Gasteiger partial charge on any atom is 0.303 e. The van der Waals surface area contributed by atoms with E-state index >= 15 is 0 Å². The molecule has 0 aliphatic carbocycles. The van der Waals surface area contributed by atoms with Crippen molar-refractivity contribution in [1.29, 1.82) is 0 Å². The minimum absolute atomic E-state index is 0.311. The van der Waals surface area contributed by atoms with Crippen LogP contribution in [0.4, 0.5) is 0 Å². The molecule has 0 aromatic rings. The monoisotopic (exact) mass is 346 g/mol. The molecule has 8 nitrogen and oxygen atoms in total. The Morgan fingerprint density at radius 2 is 0.833 bits per heavy atom. The highest BCUT2D eigenvalue weighted by molar-refractivity contribution is 5.69. The third-order valence-electron chi connectivity index (χ3n) is 3.10. The summed E-state index contributed by atoms with van der Waals surface area (Å²) in [6.07, 6.45) is -3.26. The van der Waals surface area contributed by atoms with E-state index < -0.39 is 48.3 Å². The van der Waals surface area contributed by atoms with E-state index in [0.29, 0.717) is 12.8 Å². The summed E-state index contributed by atoms with van der Waals surface area (Å²) in [5.41, 5.74) is 0. The first-order valence-corrected chi connectivity index (χ1v) is 7.81. The molecule has 0 spiro atoms. The third kappa shape index (κ3) is 7.94. The Morgan fingerprint density at radius 1 is 0.583 bits per heavy atom. The summed E-state index contributed by atoms with van der Waals surface area (Å²) in [4.78, 5) is 45.6. The molecule has 0 saturated heterocycles. The van der Waals surface area contributed by atoms with Gasteiger partial charge in [-0.25, -0.2) is 0 Å². The molecule has 0 amide bonds. The van der Waals surface area contributed by atoms with Crippen molar-refractivity contribution in [2.24, 2.45) is 0 Å². The minimum Gasteiger partial charge on any atom is -0.458 e. The number of esters is 4. The van der Waals surface area contributed by atoms with Crippen LogP contribution in [0.2, 0.25) is 0 Å². The van der Waals surface area contributed by atoms with E-state index in [-0.39, 0.29) is 0 Å². The van der Waals surface area contributed by atoms with Crippen LogP contribution in [0.25, 0.3) is 0 Å². The van der Waals surface area contributed by atoms with Crippen LogP contribution in [0.3, 0.4) is 0 Å². The Hall–Kier alpha value is -2.12. The molecule has 24 heavy (non-hydrogen) atoms. The molecule has 0 aliphatic rings. The summed E-state index contributed by atoms with van der Waals surface area (Å²) in [7, 11) is 0. The zero-order valence-electron chi connectivity index (χ0n) is 15.0. The Labute approximate surface area is 141 Å². The van der Waals surface area contributed by atoms with Gasteiger partial charge >= 0.3 is 23.9 Å². The fraction of sp³-hybridized carbons (Fsp3) is 0.750. The lowest BCUT2D eigenvalue weighted by Gasteiger charge is -2.35. The quantitative estimate of drug-likeness (QED) is 0.457. The molecule has 4 atom stereocenters. The van der Waals surface area contributed by atoms with Crippen LogP contribution in [0.1, 0.15) is 54.4 Å². The molecule has 0 unspecified atom stereocenters. The van der Waals surface area contributed by atoms with Crippen LogP contribution >= 0.6 is 0 Å². The Kier molecular flexibility index (Phi) is 9.68. The van der Waals surface area contributed by atoms with Gasteiger partial charge in [0.2, 0.25) is 0 Å². The van der Waals surface area contributed by atoms with Crippen LogP contribution in [-0.2, 0) is 38.1 Å². The zero-order chi connectivity index (χ0) is 18.9. The summed E-state index contributed by atoms with van der Waals surface area (Å²) < 4.78 is 20.8. The van der Waals surface area contributed by atoms with Gasteiger partial charge in [0, 0.05) is 27.7 Å². The van der Waals surface area contributed by atoms with Crippen LogP contribution in [0.15, 0.2) is 0 Å². The molecule has 0 aliphatic heterocycles. The summed E-state index contributed by atoms with van der Waals surface area (Å²) in [5, 5.41) is 0. The first-order chi connectivity index (χ1) is 11.1. The lowest BCUT2D eigenvalue weighted by atomic mass is 9.98. The third-order valence-corrected chi connectivity index (χ3v) is 3.10. The maximum absolute atomic E-state index is 11.5. The molecule has 0 fully saturated rings. The largest absolute Gasteiger partial charge is 0.458 e. The van der Waals surface area contributed by atoms with Gasteiger partial charge in [0.15, 0.2) is 12.2 Å². The van der Waals surface area contributed by atoms with E-state index in [2.05, 4.69) is 0 Å². The van der Waals surface area contributed by atoms with Gasteiger partial charge in [-0.05, 0) is 12.8 Å². The topological polar surface area (TPSA) is 105 Å². The first kappa shape index (κ1) is 21.9. The smallest absolute Gasteiger partial charge is 0.303 e. The highest BCUT2D eigenvalue weighted by Crippen LogP contribution is 2.22. The average molecular weight is 346 g/mol. The number of hydrogen-bond acceptors (Lipinski definition) is 8. The van der Waals surface area contributed by atoms with Crippen molar-refractivity contribution in [3.8, 4) is 0 Å². The second kappa shape index (κ2) is 10.6. The second-order valence-corrected chi connectivity index (χ2v) is 5.26. The number of ether oxygens (including phenoxy) is 4. The van der Waals surface area contributed by atoms with E-state index in [1.807, 2.05) is 0 Å². The number of carbonyl (C=O) groups is 4. The van der Waals surface area contributed by atoms with E-state index in [1.165, 1.54) is 27.7 Å². The van der Waals surface area contributed by atoms with Gasteiger partial charge in [-0.3, -0.25) is 19.2 Å². The summed E-state index contributed by atoms with van der Waals surface area (Å²) >= 11 is 0. The molecule has 0 rings (SSSR count). The van der Waals surface area contributed by atoms with Crippen LogP contribution in [0.5, 0.6) is 0 Å². The number of rotatable bonds is 9. The van der Waals surface area contributed by atoms with Gasteiger partial charge in [-0.15, -0.1) is 0 Å². The predicted molar refractivity (Wildman–Crippen MR) is 82.8 cm³/mol. The van der Waals surface area contributed by atoms with Gasteiger partial charge in [0.25, 0.3) is 0 Å². The molecule has 0 aromatic heterocycles. The highest BCUT2D eigenvalue weighted by Gasteiger charge is 2.41. The summed E-state index contributed by atoms with van der Waals surface area (Å²) in [5.74, 6) is -2.41. The predicted octanol–water partition coefficient (Wildman–Crippen LogP) is 1.53. The molecular formula is C16H26O8. The van der Waals surface area contributed by atoms with Crippen LogP contribution < -0.4 is 0 Å². The molecule has 0 heterocycles. The molecule has 0 aromatic carbocycles. The lowest BCUT2D eigenvalue weighted by Crippen LogP contribution is -2.51. The molecule has 0 saturated carbocycles. The van der Waals surface area contributed by atoms with E-state index in [9.17, 15) is 19.2 Å². The normalized spacial score (nSPS) is 15.4. The van der Waals surface area contributed by atoms with Crippen molar-refractivity contribution in [3.05, 3.63) is 0 Å². The SMILES string of the molecule is CC[C@@H](OC(C)=O)[C@@H](OC(C)=O)[C@H](OC(C)=O)[C@@H](CC)OC(C)=O. The van der Waals surface area contributed by atoms with E-state index in [1.54, 1.807) is 13.8 Å². The van der Waals surface area contributed by atoms with Crippen molar-refractivity contribution >= 4 is 23.9 Å². The standard InChI is InChI=1S/C16H26O8/c1-7-13(21-9(3)17)15(23-11(5)19)16(24-12(6)20)14(8-2)22-10(4)18/h13-16H,7-8H2,1-6H3/t13-,14-,15-,16-/m1/s1. The highest BCUT2D eigenvalue weighted by atomic mass is 16.6.